The maximum atomic E-state index is 4.59. The lowest BCUT2D eigenvalue weighted by molar-refractivity contribution is -0.364. The third-order valence-corrected chi connectivity index (χ3v) is 1.35. The Balaban J connectivity index is 2.46. The van der Waals surface area contributed by atoms with Gasteiger partial charge in [0.15, 0.2) is 18.2 Å². The van der Waals surface area contributed by atoms with Gasteiger partial charge >= 0.3 is 0 Å². The number of hydrogen-bond donors (Lipinski definition) is 0. The first kappa shape index (κ1) is 6.03. The van der Waals surface area contributed by atoms with E-state index in [0.29, 0.717) is 5.69 Å². The van der Waals surface area contributed by atoms with Gasteiger partial charge in [0, 0.05) is 17.4 Å². The normalized spacial score (nSPS) is 9.82. The summed E-state index contributed by atoms with van der Waals surface area (Å²) in [6, 6.07) is 5.72. The molecule has 0 bridgehead atoms. The summed E-state index contributed by atoms with van der Waals surface area (Å²) in [5.74, 6) is 0. The highest BCUT2D eigenvalue weighted by Crippen LogP contribution is 2.07. The van der Waals surface area contributed by atoms with E-state index in [2.05, 4.69) is 19.9 Å². The number of nitrogens with zero attached hydrogens (tertiary/aromatic N) is 2. The van der Waals surface area contributed by atoms with Crippen LogP contribution in [0.4, 0.5) is 0 Å². The zero-order valence-electron chi connectivity index (χ0n) is 5.69. The molecule has 54 valence electrons. The zero-order valence-corrected chi connectivity index (χ0v) is 5.69. The molecule has 0 saturated heterocycles. The number of H-pyrrole nitrogens is 1. The molecule has 0 amide bonds. The van der Waals surface area contributed by atoms with Crippen LogP contribution in [-0.2, 0) is 0 Å². The van der Waals surface area contributed by atoms with Crippen LogP contribution >= 0.6 is 0 Å². The lowest BCUT2D eigenvalue weighted by Gasteiger charge is -1.81. The molecule has 0 radical (unpaired) electrons. The molecule has 0 aromatic carbocycles. The molecule has 0 fully saturated rings. The lowest BCUT2D eigenvalue weighted by atomic mass is 10.3. The van der Waals surface area contributed by atoms with E-state index in [4.69, 9.17) is 0 Å². The van der Waals surface area contributed by atoms with E-state index in [1.165, 1.54) is 6.26 Å². The highest BCUT2D eigenvalue weighted by Gasteiger charge is 2.06. The molecular weight excluding hydrogens is 142 g/mol. The molecule has 0 spiro atoms. The van der Waals surface area contributed by atoms with Gasteiger partial charge in [-0.1, -0.05) is 0 Å². The SMILES string of the molecule is c1ccc(-c2conn2)[nH+]c1. The summed E-state index contributed by atoms with van der Waals surface area (Å²) in [5, 5.41) is 7.09. The standard InChI is InChI=1S/C7H5N3O/c1-2-4-8-6(3-1)7-5-11-10-9-7/h1-5H/p+1. The lowest BCUT2D eigenvalue weighted by Crippen LogP contribution is -2.04. The molecule has 4 heteroatoms. The van der Waals surface area contributed by atoms with Gasteiger partial charge in [-0.25, -0.2) is 4.98 Å². The number of hydrogen-bond acceptors (Lipinski definition) is 3. The second-order valence-corrected chi connectivity index (χ2v) is 2.07. The quantitative estimate of drug-likeness (QED) is 0.593. The van der Waals surface area contributed by atoms with Crippen molar-refractivity contribution in [2.75, 3.05) is 0 Å². The second-order valence-electron chi connectivity index (χ2n) is 2.07. The van der Waals surface area contributed by atoms with E-state index in [9.17, 15) is 0 Å². The van der Waals surface area contributed by atoms with Crippen molar-refractivity contribution in [2.45, 2.75) is 0 Å². The van der Waals surface area contributed by atoms with Gasteiger partial charge < -0.3 is 4.52 Å². The topological polar surface area (TPSA) is 53.1 Å². The highest BCUT2D eigenvalue weighted by atomic mass is 16.5. The van der Waals surface area contributed by atoms with Crippen molar-refractivity contribution in [3.8, 4) is 11.4 Å². The van der Waals surface area contributed by atoms with Gasteiger partial charge in [0.25, 0.3) is 0 Å². The number of rotatable bonds is 1. The van der Waals surface area contributed by atoms with Gasteiger partial charge in [0.05, 0.1) is 0 Å². The van der Waals surface area contributed by atoms with Gasteiger partial charge in [-0.2, -0.15) is 0 Å². The maximum Gasteiger partial charge on any atom is 0.234 e. The molecule has 0 atom stereocenters. The van der Waals surface area contributed by atoms with Crippen LogP contribution in [0, 0.1) is 0 Å². The summed E-state index contributed by atoms with van der Waals surface area (Å²) in [4.78, 5) is 3.01. The number of nitrogens with one attached hydrogen (secondary N) is 1. The Kier molecular flexibility index (Phi) is 1.37. The van der Waals surface area contributed by atoms with Crippen LogP contribution in [0.1, 0.15) is 0 Å². The zero-order chi connectivity index (χ0) is 7.52. The van der Waals surface area contributed by atoms with Crippen molar-refractivity contribution in [1.82, 2.24) is 10.4 Å². The highest BCUT2D eigenvalue weighted by molar-refractivity contribution is 5.46. The molecule has 0 aliphatic rings. The molecule has 2 heterocycles. The molecule has 4 nitrogen and oxygen atoms in total. The van der Waals surface area contributed by atoms with E-state index in [1.807, 2.05) is 24.4 Å². The number of aromatic amines is 1. The average molecular weight is 148 g/mol. The molecular formula is C7H6N3O+. The molecule has 0 unspecified atom stereocenters. The fourth-order valence-electron chi connectivity index (χ4n) is 0.835. The Hall–Kier alpha value is -1.71. The molecule has 0 aliphatic carbocycles. The van der Waals surface area contributed by atoms with Crippen molar-refractivity contribution in [3.63, 3.8) is 0 Å². The average Bonchev–Trinajstić information content (AvgIpc) is 2.58. The van der Waals surface area contributed by atoms with Gasteiger partial charge in [-0.05, 0) is 6.07 Å². The Morgan fingerprint density at radius 1 is 1.36 bits per heavy atom. The van der Waals surface area contributed by atoms with Crippen LogP contribution in [0.5, 0.6) is 0 Å². The Bertz CT molecular complexity index is 317. The Morgan fingerprint density at radius 3 is 3.00 bits per heavy atom. The smallest absolute Gasteiger partial charge is 0.234 e. The fourth-order valence-corrected chi connectivity index (χ4v) is 0.835. The van der Waals surface area contributed by atoms with Crippen molar-refractivity contribution < 1.29 is 9.51 Å². The van der Waals surface area contributed by atoms with Crippen molar-refractivity contribution in [3.05, 3.63) is 30.7 Å². The number of pyridine rings is 1. The fraction of sp³-hybridized carbons (Fsp3) is 0. The first-order valence-electron chi connectivity index (χ1n) is 3.21. The van der Waals surface area contributed by atoms with Crippen LogP contribution in [0.3, 0.4) is 0 Å². The summed E-state index contributed by atoms with van der Waals surface area (Å²) in [6.45, 7) is 0. The minimum absolute atomic E-state index is 0.714. The van der Waals surface area contributed by atoms with E-state index >= 15 is 0 Å². The third kappa shape index (κ3) is 1.10. The summed E-state index contributed by atoms with van der Waals surface area (Å²) < 4.78 is 4.59. The van der Waals surface area contributed by atoms with Crippen LogP contribution in [0.2, 0.25) is 0 Å². The number of aromatic nitrogens is 3. The minimum Gasteiger partial charge on any atom is -0.345 e. The van der Waals surface area contributed by atoms with Crippen LogP contribution in [0.25, 0.3) is 11.4 Å². The largest absolute Gasteiger partial charge is 0.345 e. The maximum absolute atomic E-state index is 4.59. The van der Waals surface area contributed by atoms with Crippen molar-refractivity contribution in [1.29, 1.82) is 0 Å². The molecule has 2 aromatic rings. The molecule has 0 aliphatic heterocycles. The van der Waals surface area contributed by atoms with Crippen LogP contribution in [-0.4, -0.2) is 10.4 Å². The monoisotopic (exact) mass is 148 g/mol. The molecule has 2 aromatic heterocycles. The Labute approximate surface area is 62.9 Å². The van der Waals surface area contributed by atoms with E-state index in [0.717, 1.165) is 5.69 Å². The summed E-state index contributed by atoms with van der Waals surface area (Å²) >= 11 is 0. The first-order chi connectivity index (χ1) is 5.47. The first-order valence-corrected chi connectivity index (χ1v) is 3.21. The third-order valence-electron chi connectivity index (χ3n) is 1.35. The van der Waals surface area contributed by atoms with Crippen molar-refractivity contribution >= 4 is 0 Å². The van der Waals surface area contributed by atoms with Gasteiger partial charge in [0.1, 0.15) is 0 Å². The van der Waals surface area contributed by atoms with Gasteiger partial charge in [0.2, 0.25) is 5.69 Å². The summed E-state index contributed by atoms with van der Waals surface area (Å²) in [5.41, 5.74) is 1.61. The van der Waals surface area contributed by atoms with E-state index < -0.39 is 0 Å². The summed E-state index contributed by atoms with van der Waals surface area (Å²) in [7, 11) is 0. The van der Waals surface area contributed by atoms with Crippen LogP contribution < -0.4 is 4.98 Å². The Morgan fingerprint density at radius 2 is 2.36 bits per heavy atom. The van der Waals surface area contributed by atoms with Crippen LogP contribution in [0.15, 0.2) is 35.2 Å². The van der Waals surface area contributed by atoms with Gasteiger partial charge in [-0.3, -0.25) is 0 Å². The van der Waals surface area contributed by atoms with E-state index in [-0.39, 0.29) is 0 Å². The second kappa shape index (κ2) is 2.49. The molecule has 2 rings (SSSR count). The predicted octanol–water partition coefficient (Wildman–Crippen LogP) is 0.551. The summed E-state index contributed by atoms with van der Waals surface area (Å²) in [6.07, 6.45) is 3.32. The molecule has 1 N–H and O–H groups in total. The molecule has 11 heavy (non-hydrogen) atoms. The van der Waals surface area contributed by atoms with E-state index in [1.54, 1.807) is 0 Å². The van der Waals surface area contributed by atoms with Gasteiger partial charge in [-0.15, -0.1) is 5.10 Å². The predicted molar refractivity (Wildman–Crippen MR) is 36.3 cm³/mol. The minimum atomic E-state index is 0.714. The molecule has 0 saturated carbocycles. The van der Waals surface area contributed by atoms with Crippen molar-refractivity contribution in [2.24, 2.45) is 0 Å².